The maximum Gasteiger partial charge on any atom is 0.239 e. The van der Waals surface area contributed by atoms with Crippen molar-refractivity contribution in [3.63, 3.8) is 0 Å². The van der Waals surface area contributed by atoms with Crippen LogP contribution < -0.4 is 4.90 Å². The summed E-state index contributed by atoms with van der Waals surface area (Å²) >= 11 is 15.2. The summed E-state index contributed by atoms with van der Waals surface area (Å²) in [4.78, 5) is 24.8. The Hall–Kier alpha value is -2.12. The van der Waals surface area contributed by atoms with Crippen molar-refractivity contribution in [3.05, 3.63) is 82.1 Å². The number of pyridine rings is 1. The number of hydrogen-bond donors (Lipinski definition) is 0. The summed E-state index contributed by atoms with van der Waals surface area (Å²) in [6, 6.07) is 15.1. The smallest absolute Gasteiger partial charge is 0.239 e. The molecule has 0 unspecified atom stereocenters. The molecule has 0 fully saturated rings. The fourth-order valence-corrected chi connectivity index (χ4v) is 5.13. The van der Waals surface area contributed by atoms with E-state index in [1.165, 1.54) is 23.1 Å². The van der Waals surface area contributed by atoms with Crippen LogP contribution >= 0.6 is 46.3 Å². The topological polar surface area (TPSA) is 46.1 Å². The number of rotatable bonds is 6. The maximum atomic E-state index is 13.2. The van der Waals surface area contributed by atoms with Gasteiger partial charge in [0.05, 0.1) is 27.5 Å². The van der Waals surface area contributed by atoms with Crippen LogP contribution in [0.3, 0.4) is 0 Å². The summed E-state index contributed by atoms with van der Waals surface area (Å²) in [6.07, 6.45) is 3.48. The van der Waals surface area contributed by atoms with Crippen LogP contribution in [-0.4, -0.2) is 21.6 Å². The van der Waals surface area contributed by atoms with Crippen molar-refractivity contribution >= 4 is 67.6 Å². The zero-order valence-corrected chi connectivity index (χ0v) is 19.2. The number of thioether (sulfide) groups is 1. The van der Waals surface area contributed by atoms with Crippen LogP contribution in [0.4, 0.5) is 5.13 Å². The van der Waals surface area contributed by atoms with Gasteiger partial charge in [0.1, 0.15) is 0 Å². The number of aryl methyl sites for hydroxylation is 1. The summed E-state index contributed by atoms with van der Waals surface area (Å²) in [7, 11) is 0. The van der Waals surface area contributed by atoms with Crippen molar-refractivity contribution in [1.29, 1.82) is 0 Å². The lowest BCUT2D eigenvalue weighted by molar-refractivity contribution is -0.116. The van der Waals surface area contributed by atoms with Crippen molar-refractivity contribution in [2.75, 3.05) is 10.7 Å². The van der Waals surface area contributed by atoms with Gasteiger partial charge >= 0.3 is 0 Å². The van der Waals surface area contributed by atoms with Crippen LogP contribution in [0.5, 0.6) is 0 Å². The molecule has 1 amide bonds. The molecule has 0 aliphatic heterocycles. The second-order valence-electron chi connectivity index (χ2n) is 6.62. The zero-order chi connectivity index (χ0) is 21.1. The van der Waals surface area contributed by atoms with Gasteiger partial charge in [-0.05, 0) is 54.4 Å². The molecule has 0 saturated heterocycles. The molecule has 0 aliphatic rings. The van der Waals surface area contributed by atoms with Crippen molar-refractivity contribution in [3.8, 4) is 0 Å². The first kappa shape index (κ1) is 21.1. The number of halogens is 2. The summed E-state index contributed by atoms with van der Waals surface area (Å²) < 4.78 is 0.890. The summed E-state index contributed by atoms with van der Waals surface area (Å²) in [5, 5.41) is 1.95. The van der Waals surface area contributed by atoms with E-state index in [-0.39, 0.29) is 11.7 Å². The van der Waals surface area contributed by atoms with Crippen molar-refractivity contribution in [1.82, 2.24) is 9.97 Å². The van der Waals surface area contributed by atoms with E-state index in [1.807, 2.05) is 55.5 Å². The predicted molar refractivity (Wildman–Crippen MR) is 127 cm³/mol. The highest BCUT2D eigenvalue weighted by Crippen LogP contribution is 2.36. The van der Waals surface area contributed by atoms with Gasteiger partial charge in [-0.15, -0.1) is 11.8 Å². The molecule has 4 aromatic rings. The molecule has 30 heavy (non-hydrogen) atoms. The SMILES string of the molecule is Cc1ccc(Cl)c2sc(N(Cc3cccnc3)C(=O)CSc3ccc(Cl)cc3)nc12. The number of hydrogen-bond acceptors (Lipinski definition) is 5. The number of carbonyl (C=O) groups is 1. The van der Waals surface area contributed by atoms with Gasteiger partial charge in [-0.25, -0.2) is 4.98 Å². The molecule has 0 atom stereocenters. The lowest BCUT2D eigenvalue weighted by Gasteiger charge is -2.19. The Kier molecular flexibility index (Phi) is 6.58. The molecule has 0 radical (unpaired) electrons. The Bertz CT molecular complexity index is 1140. The maximum absolute atomic E-state index is 13.2. The Balaban J connectivity index is 1.64. The van der Waals surface area contributed by atoms with Crippen molar-refractivity contribution in [2.45, 2.75) is 18.4 Å². The van der Waals surface area contributed by atoms with E-state index in [0.717, 1.165) is 26.2 Å². The van der Waals surface area contributed by atoms with Crippen LogP contribution in [-0.2, 0) is 11.3 Å². The Morgan fingerprint density at radius 2 is 1.93 bits per heavy atom. The number of nitrogens with zero attached hydrogens (tertiary/aromatic N) is 3. The van der Waals surface area contributed by atoms with E-state index < -0.39 is 0 Å². The lowest BCUT2D eigenvalue weighted by Crippen LogP contribution is -2.31. The molecule has 4 nitrogen and oxygen atoms in total. The molecular weight excluding hydrogens is 457 g/mol. The van der Waals surface area contributed by atoms with E-state index in [9.17, 15) is 4.79 Å². The third-order valence-electron chi connectivity index (χ3n) is 4.46. The number of fused-ring (bicyclic) bond motifs is 1. The molecule has 2 heterocycles. The minimum atomic E-state index is -0.0355. The fraction of sp³-hybridized carbons (Fsp3) is 0.136. The van der Waals surface area contributed by atoms with Crippen LogP contribution in [0, 0.1) is 6.92 Å². The molecule has 0 saturated carbocycles. The van der Waals surface area contributed by atoms with Crippen molar-refractivity contribution < 1.29 is 4.79 Å². The quantitative estimate of drug-likeness (QED) is 0.294. The number of aromatic nitrogens is 2. The van der Waals surface area contributed by atoms with E-state index in [2.05, 4.69) is 4.98 Å². The minimum absolute atomic E-state index is 0.0355. The molecule has 0 bridgehead atoms. The third-order valence-corrected chi connectivity index (χ3v) is 7.24. The monoisotopic (exact) mass is 473 g/mol. The molecule has 2 aromatic heterocycles. The molecule has 8 heteroatoms. The van der Waals surface area contributed by atoms with Gasteiger partial charge in [0.2, 0.25) is 5.91 Å². The minimum Gasteiger partial charge on any atom is -0.283 e. The standard InChI is InChI=1S/C22H17Cl2N3OS2/c1-14-4-9-18(24)21-20(14)26-22(30-21)27(12-15-3-2-10-25-11-15)19(28)13-29-17-7-5-16(23)6-8-17/h2-11H,12-13H2,1H3. The highest BCUT2D eigenvalue weighted by molar-refractivity contribution is 8.00. The molecule has 0 N–H and O–H groups in total. The fourth-order valence-electron chi connectivity index (χ4n) is 2.90. The summed E-state index contributed by atoms with van der Waals surface area (Å²) in [5.41, 5.74) is 2.79. The normalized spacial score (nSPS) is 11.0. The average Bonchev–Trinajstić information content (AvgIpc) is 3.21. The second kappa shape index (κ2) is 9.35. The van der Waals surface area contributed by atoms with Gasteiger partial charge in [0.15, 0.2) is 5.13 Å². The van der Waals surface area contributed by atoms with E-state index in [1.54, 1.807) is 17.3 Å². The van der Waals surface area contributed by atoms with Gasteiger partial charge in [-0.3, -0.25) is 14.7 Å². The van der Waals surface area contributed by atoms with E-state index >= 15 is 0 Å². The number of benzene rings is 2. The van der Waals surface area contributed by atoms with E-state index in [4.69, 9.17) is 28.2 Å². The van der Waals surface area contributed by atoms with Gasteiger partial charge in [-0.1, -0.05) is 46.7 Å². The molecular formula is C22H17Cl2N3OS2. The van der Waals surface area contributed by atoms with Gasteiger partial charge in [0.25, 0.3) is 0 Å². The third kappa shape index (κ3) is 4.78. The van der Waals surface area contributed by atoms with Gasteiger partial charge in [0, 0.05) is 22.3 Å². The highest BCUT2D eigenvalue weighted by atomic mass is 35.5. The first-order chi connectivity index (χ1) is 14.5. The highest BCUT2D eigenvalue weighted by Gasteiger charge is 2.22. The first-order valence-corrected chi connectivity index (χ1v) is 11.7. The predicted octanol–water partition coefficient (Wildman–Crippen LogP) is 6.63. The summed E-state index contributed by atoms with van der Waals surface area (Å²) in [6.45, 7) is 2.39. The average molecular weight is 474 g/mol. The number of carbonyl (C=O) groups excluding carboxylic acids is 1. The summed E-state index contributed by atoms with van der Waals surface area (Å²) in [5.74, 6) is 0.247. The van der Waals surface area contributed by atoms with Crippen LogP contribution in [0.15, 0.2) is 65.8 Å². The molecule has 2 aromatic carbocycles. The lowest BCUT2D eigenvalue weighted by atomic mass is 10.2. The number of amides is 1. The largest absolute Gasteiger partial charge is 0.283 e. The number of anilines is 1. The first-order valence-electron chi connectivity index (χ1n) is 9.14. The Morgan fingerprint density at radius 1 is 1.13 bits per heavy atom. The van der Waals surface area contributed by atoms with Crippen LogP contribution in [0.2, 0.25) is 10.0 Å². The molecule has 152 valence electrons. The van der Waals surface area contributed by atoms with Crippen molar-refractivity contribution in [2.24, 2.45) is 0 Å². The second-order valence-corrected chi connectivity index (χ2v) is 9.49. The number of thiazole rings is 1. The molecule has 4 rings (SSSR count). The molecule has 0 aliphatic carbocycles. The Labute approximate surface area is 192 Å². The van der Waals surface area contributed by atoms with Crippen LogP contribution in [0.25, 0.3) is 10.2 Å². The van der Waals surface area contributed by atoms with Crippen LogP contribution in [0.1, 0.15) is 11.1 Å². The van der Waals surface area contributed by atoms with E-state index in [0.29, 0.717) is 21.7 Å². The molecule has 0 spiro atoms. The van der Waals surface area contributed by atoms with Gasteiger partial charge < -0.3 is 0 Å². The van der Waals surface area contributed by atoms with Gasteiger partial charge in [-0.2, -0.15) is 0 Å². The Morgan fingerprint density at radius 3 is 2.63 bits per heavy atom. The zero-order valence-electron chi connectivity index (χ0n) is 16.0.